The van der Waals surface area contributed by atoms with Gasteiger partial charge in [0, 0.05) is 19.3 Å². The summed E-state index contributed by atoms with van der Waals surface area (Å²) in [7, 11) is 0. The Hall–Kier alpha value is -4.19. The Bertz CT molecular complexity index is 1690. The number of rotatable bonds is 62. The molecule has 0 N–H and O–H groups in total. The van der Waals surface area contributed by atoms with Crippen LogP contribution in [0.25, 0.3) is 0 Å². The average molecular weight is 1140 g/mol. The van der Waals surface area contributed by atoms with Crippen LogP contribution < -0.4 is 0 Å². The first-order valence-corrected chi connectivity index (χ1v) is 34.5. The maximum absolute atomic E-state index is 12.9. The molecule has 0 fully saturated rings. The van der Waals surface area contributed by atoms with E-state index in [1.165, 1.54) is 161 Å². The van der Waals surface area contributed by atoms with Crippen LogP contribution in [0.1, 0.15) is 323 Å². The Labute approximate surface area is 507 Å². The van der Waals surface area contributed by atoms with Crippen molar-refractivity contribution < 1.29 is 28.6 Å². The smallest absolute Gasteiger partial charge is 0.306 e. The Balaban J connectivity index is 4.41. The van der Waals surface area contributed by atoms with Gasteiger partial charge in [-0.2, -0.15) is 0 Å². The van der Waals surface area contributed by atoms with Crippen molar-refractivity contribution >= 4 is 17.9 Å². The van der Waals surface area contributed by atoms with E-state index in [-0.39, 0.29) is 37.5 Å². The summed E-state index contributed by atoms with van der Waals surface area (Å²) < 4.78 is 16.9. The van der Waals surface area contributed by atoms with E-state index in [0.717, 1.165) is 116 Å². The third kappa shape index (κ3) is 66.6. The topological polar surface area (TPSA) is 78.9 Å². The predicted molar refractivity (Wildman–Crippen MR) is 357 cm³/mol. The van der Waals surface area contributed by atoms with Crippen LogP contribution in [-0.2, 0) is 28.6 Å². The second-order valence-electron chi connectivity index (χ2n) is 22.7. The fourth-order valence-corrected chi connectivity index (χ4v) is 9.56. The summed E-state index contributed by atoms with van der Waals surface area (Å²) >= 11 is 0. The van der Waals surface area contributed by atoms with Gasteiger partial charge in [-0.15, -0.1) is 0 Å². The lowest BCUT2D eigenvalue weighted by molar-refractivity contribution is -0.167. The Kier molecular flexibility index (Phi) is 65.8. The van der Waals surface area contributed by atoms with Gasteiger partial charge in [-0.3, -0.25) is 14.4 Å². The highest BCUT2D eigenvalue weighted by Crippen LogP contribution is 2.17. The summed E-state index contributed by atoms with van der Waals surface area (Å²) in [6, 6.07) is 0. The predicted octanol–water partition coefficient (Wildman–Crippen LogP) is 23.9. The molecule has 0 saturated heterocycles. The van der Waals surface area contributed by atoms with Crippen LogP contribution in [-0.4, -0.2) is 37.2 Å². The zero-order valence-corrected chi connectivity index (χ0v) is 53.7. The van der Waals surface area contributed by atoms with Crippen molar-refractivity contribution in [3.05, 3.63) is 122 Å². The molecule has 0 aliphatic heterocycles. The first-order chi connectivity index (χ1) is 40.5. The van der Waals surface area contributed by atoms with E-state index in [0.29, 0.717) is 19.3 Å². The fraction of sp³-hybridized carbons (Fsp3) is 0.697. The molecular formula is C76H128O6. The van der Waals surface area contributed by atoms with E-state index in [1.807, 2.05) is 0 Å². The quantitative estimate of drug-likeness (QED) is 0.0261. The standard InChI is InChI=1S/C76H128O6/c1-4-7-10-13-16-19-22-25-27-29-31-33-35-36-37-38-39-40-41-43-44-46-48-51-54-57-60-63-66-69-75(78)81-72-73(71-80-74(77)68-65-62-59-56-53-50-24-21-18-15-12-9-6-3)82-76(79)70-67-64-61-58-55-52-49-47-45-42-34-32-30-28-26-23-20-17-14-11-8-5-2/h7,10,16,19,21,24-25,27,31,33,36-37,39-40,43-44,48,51,57,60,73H,4-6,8-9,11-15,17-18,20,22-23,26,28-30,32,34-35,38,41-42,45-47,49-50,52-56,58-59,61-72H2,1-3H3/b10-7-,19-16-,24-21-,27-25-,33-31-,37-36-,40-39-,44-43-,51-48-,60-57-. The number of carbonyl (C=O) groups excluding carboxylic acids is 3. The average Bonchev–Trinajstić information content (AvgIpc) is 3.47. The van der Waals surface area contributed by atoms with Crippen LogP contribution in [0, 0.1) is 0 Å². The molecule has 82 heavy (non-hydrogen) atoms. The number of carbonyl (C=O) groups is 3. The normalized spacial score (nSPS) is 12.9. The third-order valence-corrected chi connectivity index (χ3v) is 14.7. The van der Waals surface area contributed by atoms with Crippen LogP contribution in [0.4, 0.5) is 0 Å². The van der Waals surface area contributed by atoms with Gasteiger partial charge in [0.15, 0.2) is 6.10 Å². The Morgan fingerprint density at radius 1 is 0.256 bits per heavy atom. The minimum Gasteiger partial charge on any atom is -0.462 e. The summed E-state index contributed by atoms with van der Waals surface area (Å²) in [6.07, 6.45) is 96.5. The fourth-order valence-electron chi connectivity index (χ4n) is 9.56. The molecule has 6 nitrogen and oxygen atoms in total. The molecule has 468 valence electrons. The van der Waals surface area contributed by atoms with Gasteiger partial charge in [0.05, 0.1) is 0 Å². The molecule has 0 radical (unpaired) electrons. The summed E-state index contributed by atoms with van der Waals surface area (Å²) in [5.41, 5.74) is 0. The minimum atomic E-state index is -0.807. The summed E-state index contributed by atoms with van der Waals surface area (Å²) in [4.78, 5) is 38.4. The van der Waals surface area contributed by atoms with Crippen molar-refractivity contribution in [1.29, 1.82) is 0 Å². The molecule has 0 aromatic heterocycles. The highest BCUT2D eigenvalue weighted by molar-refractivity contribution is 5.71. The van der Waals surface area contributed by atoms with Gasteiger partial charge in [-0.1, -0.05) is 316 Å². The van der Waals surface area contributed by atoms with Crippen LogP contribution in [0.5, 0.6) is 0 Å². The van der Waals surface area contributed by atoms with Crippen molar-refractivity contribution in [3.8, 4) is 0 Å². The number of hydrogen-bond acceptors (Lipinski definition) is 6. The molecule has 0 bridgehead atoms. The summed E-state index contributed by atoms with van der Waals surface area (Å²) in [6.45, 7) is 6.49. The zero-order valence-electron chi connectivity index (χ0n) is 53.7. The van der Waals surface area contributed by atoms with E-state index in [2.05, 4.69) is 142 Å². The first-order valence-electron chi connectivity index (χ1n) is 34.5. The Morgan fingerprint density at radius 2 is 0.488 bits per heavy atom. The van der Waals surface area contributed by atoms with Crippen molar-refractivity contribution in [1.82, 2.24) is 0 Å². The summed E-state index contributed by atoms with van der Waals surface area (Å²) in [5.74, 6) is -0.959. The van der Waals surface area contributed by atoms with E-state index < -0.39 is 6.10 Å². The molecule has 0 aromatic carbocycles. The number of allylic oxidation sites excluding steroid dienone is 20. The van der Waals surface area contributed by atoms with Crippen LogP contribution in [0.15, 0.2) is 122 Å². The molecule has 0 rings (SSSR count). The van der Waals surface area contributed by atoms with Crippen molar-refractivity contribution in [2.45, 2.75) is 329 Å². The molecular weight excluding hydrogens is 1010 g/mol. The van der Waals surface area contributed by atoms with Gasteiger partial charge in [0.1, 0.15) is 13.2 Å². The lowest BCUT2D eigenvalue weighted by atomic mass is 10.0. The molecule has 0 saturated carbocycles. The van der Waals surface area contributed by atoms with Crippen LogP contribution in [0.3, 0.4) is 0 Å². The maximum Gasteiger partial charge on any atom is 0.306 e. The minimum absolute atomic E-state index is 0.0997. The van der Waals surface area contributed by atoms with Gasteiger partial charge < -0.3 is 14.2 Å². The first kappa shape index (κ1) is 77.8. The molecule has 1 unspecified atom stereocenters. The largest absolute Gasteiger partial charge is 0.462 e. The molecule has 6 heteroatoms. The SMILES string of the molecule is CC/C=C\C/C=C\C/C=C\C/C=C\C/C=C\C/C=C\C/C=C\C/C=C\C/C=C\CCCC(=O)OCC(COC(=O)CCCCCCC/C=C\CCCCCC)OC(=O)CCCCCCCCCCCCCCCCCCCCCCCC. The summed E-state index contributed by atoms with van der Waals surface area (Å²) in [5, 5.41) is 0. The molecule has 0 aliphatic rings. The number of hydrogen-bond donors (Lipinski definition) is 0. The van der Waals surface area contributed by atoms with E-state index in [1.54, 1.807) is 0 Å². The second kappa shape index (κ2) is 69.3. The van der Waals surface area contributed by atoms with Gasteiger partial charge >= 0.3 is 17.9 Å². The zero-order chi connectivity index (χ0) is 59.2. The van der Waals surface area contributed by atoms with Gasteiger partial charge in [-0.25, -0.2) is 0 Å². The van der Waals surface area contributed by atoms with Gasteiger partial charge in [0.2, 0.25) is 0 Å². The molecule has 0 aliphatic carbocycles. The lowest BCUT2D eigenvalue weighted by Crippen LogP contribution is -2.30. The molecule has 1 atom stereocenters. The van der Waals surface area contributed by atoms with E-state index in [9.17, 15) is 14.4 Å². The van der Waals surface area contributed by atoms with Crippen molar-refractivity contribution in [2.24, 2.45) is 0 Å². The highest BCUT2D eigenvalue weighted by atomic mass is 16.6. The monoisotopic (exact) mass is 1140 g/mol. The number of ether oxygens (including phenoxy) is 3. The van der Waals surface area contributed by atoms with Crippen molar-refractivity contribution in [3.63, 3.8) is 0 Å². The molecule has 0 heterocycles. The molecule has 0 aromatic rings. The maximum atomic E-state index is 12.9. The third-order valence-electron chi connectivity index (χ3n) is 14.7. The van der Waals surface area contributed by atoms with Crippen LogP contribution in [0.2, 0.25) is 0 Å². The van der Waals surface area contributed by atoms with E-state index >= 15 is 0 Å². The van der Waals surface area contributed by atoms with Crippen molar-refractivity contribution in [2.75, 3.05) is 13.2 Å². The second-order valence-corrected chi connectivity index (χ2v) is 22.7. The number of unbranched alkanes of at least 4 members (excludes halogenated alkanes) is 31. The number of esters is 3. The lowest BCUT2D eigenvalue weighted by Gasteiger charge is -2.18. The molecule has 0 spiro atoms. The van der Waals surface area contributed by atoms with Gasteiger partial charge in [0.25, 0.3) is 0 Å². The van der Waals surface area contributed by atoms with Gasteiger partial charge in [-0.05, 0) is 109 Å². The Morgan fingerprint density at radius 3 is 0.817 bits per heavy atom. The van der Waals surface area contributed by atoms with Crippen LogP contribution >= 0.6 is 0 Å². The van der Waals surface area contributed by atoms with E-state index in [4.69, 9.17) is 14.2 Å². The highest BCUT2D eigenvalue weighted by Gasteiger charge is 2.19. The molecule has 0 amide bonds.